The van der Waals surface area contributed by atoms with Crippen molar-refractivity contribution in [2.75, 3.05) is 11.5 Å². The van der Waals surface area contributed by atoms with Gasteiger partial charge >= 0.3 is 0 Å². The van der Waals surface area contributed by atoms with E-state index in [1.165, 1.54) is 12.1 Å². The highest BCUT2D eigenvalue weighted by molar-refractivity contribution is 7.85. The van der Waals surface area contributed by atoms with Crippen molar-refractivity contribution >= 4 is 33.1 Å². The van der Waals surface area contributed by atoms with Gasteiger partial charge in [0.15, 0.2) is 0 Å². The maximum atomic E-state index is 10.5. The van der Waals surface area contributed by atoms with E-state index < -0.39 is 15.9 Å². The number of nitrogen functional groups attached to an aromatic ring is 2. The van der Waals surface area contributed by atoms with E-state index in [1.807, 2.05) is 0 Å². The molecule has 0 saturated heterocycles. The second-order valence-electron chi connectivity index (χ2n) is 2.81. The Morgan fingerprint density at radius 1 is 1.29 bits per heavy atom. The van der Waals surface area contributed by atoms with E-state index in [1.54, 1.807) is 0 Å². The Morgan fingerprint density at radius 3 is 2.07 bits per heavy atom. The molecule has 0 atom stereocenters. The van der Waals surface area contributed by atoms with E-state index >= 15 is 0 Å². The lowest BCUT2D eigenvalue weighted by molar-refractivity contribution is 0.482. The molecule has 0 radical (unpaired) electrons. The van der Waals surface area contributed by atoms with Gasteiger partial charge in [-0.25, -0.2) is 0 Å². The lowest BCUT2D eigenvalue weighted by Gasteiger charge is -2.05. The minimum atomic E-state index is -4.08. The Labute approximate surface area is 86.4 Å². The predicted octanol–water partition coefficient (Wildman–Crippen LogP) is 0.892. The number of nitrogens with two attached hydrogens (primary N) is 2. The molecule has 0 aliphatic rings. The average Bonchev–Trinajstić information content (AvgIpc) is 1.96. The van der Waals surface area contributed by atoms with Crippen LogP contribution in [0.3, 0.4) is 0 Å². The van der Waals surface area contributed by atoms with Gasteiger partial charge < -0.3 is 11.5 Å². The number of hydrogen-bond acceptors (Lipinski definition) is 4. The summed E-state index contributed by atoms with van der Waals surface area (Å²) in [6, 6.07) is 2.71. The fourth-order valence-electron chi connectivity index (χ4n) is 1.03. The molecule has 5 nitrogen and oxygen atoms in total. The third-order valence-electron chi connectivity index (χ3n) is 1.54. The van der Waals surface area contributed by atoms with Crippen LogP contribution in [0, 0.1) is 0 Å². The molecule has 0 spiro atoms. The molecule has 0 amide bonds. The molecule has 0 unspecified atom stereocenters. The molecule has 1 aromatic carbocycles. The van der Waals surface area contributed by atoms with E-state index in [9.17, 15) is 8.42 Å². The zero-order chi connectivity index (χ0) is 10.9. The molecule has 0 saturated carbocycles. The predicted molar refractivity (Wildman–Crippen MR) is 55.5 cm³/mol. The molecule has 0 aromatic heterocycles. The molecule has 0 fully saturated rings. The molecule has 0 heterocycles. The SMILES string of the molecule is Nc1cc(CS(=O)(=O)O)cc(N)c1Cl. The summed E-state index contributed by atoms with van der Waals surface area (Å²) in [5.74, 6) is -0.529. The van der Waals surface area contributed by atoms with Crippen molar-refractivity contribution in [1.82, 2.24) is 0 Å². The summed E-state index contributed by atoms with van der Waals surface area (Å²) in [6.07, 6.45) is 0. The van der Waals surface area contributed by atoms with Gasteiger partial charge in [0.2, 0.25) is 0 Å². The summed E-state index contributed by atoms with van der Waals surface area (Å²) in [7, 11) is -4.08. The number of benzene rings is 1. The van der Waals surface area contributed by atoms with Gasteiger partial charge in [0, 0.05) is 0 Å². The summed E-state index contributed by atoms with van der Waals surface area (Å²) in [5, 5.41) is 0.184. The molecule has 78 valence electrons. The summed E-state index contributed by atoms with van der Waals surface area (Å²) in [5.41, 5.74) is 11.6. The molecule has 0 bridgehead atoms. The Hall–Kier alpha value is -0.980. The van der Waals surface area contributed by atoms with Crippen molar-refractivity contribution < 1.29 is 13.0 Å². The normalized spacial score (nSPS) is 11.6. The van der Waals surface area contributed by atoms with Crippen LogP contribution in [0.5, 0.6) is 0 Å². The zero-order valence-corrected chi connectivity index (χ0v) is 8.64. The summed E-state index contributed by atoms with van der Waals surface area (Å²) in [4.78, 5) is 0. The number of rotatable bonds is 2. The van der Waals surface area contributed by atoms with Gasteiger partial charge in [-0.1, -0.05) is 11.6 Å². The fraction of sp³-hybridized carbons (Fsp3) is 0.143. The number of anilines is 2. The smallest absolute Gasteiger partial charge is 0.269 e. The topological polar surface area (TPSA) is 106 Å². The first kappa shape index (κ1) is 11.1. The second-order valence-corrected chi connectivity index (χ2v) is 4.64. The molecule has 0 aliphatic heterocycles. The van der Waals surface area contributed by atoms with Gasteiger partial charge in [-0.05, 0) is 17.7 Å². The van der Waals surface area contributed by atoms with Crippen LogP contribution in [0.2, 0.25) is 5.02 Å². The van der Waals surface area contributed by atoms with Gasteiger partial charge in [-0.15, -0.1) is 0 Å². The highest BCUT2D eigenvalue weighted by atomic mass is 35.5. The monoisotopic (exact) mass is 236 g/mol. The van der Waals surface area contributed by atoms with Gasteiger partial charge in [0.05, 0.1) is 16.4 Å². The average molecular weight is 237 g/mol. The van der Waals surface area contributed by atoms with Gasteiger partial charge in [0.25, 0.3) is 10.1 Å². The van der Waals surface area contributed by atoms with E-state index in [0.717, 1.165) is 0 Å². The van der Waals surface area contributed by atoms with Crippen molar-refractivity contribution in [2.45, 2.75) is 5.75 Å². The second kappa shape index (κ2) is 3.64. The minimum absolute atomic E-state index is 0.184. The molecular formula is C7H9ClN2O3S. The lowest BCUT2D eigenvalue weighted by atomic mass is 10.2. The quantitative estimate of drug-likeness (QED) is 0.522. The highest BCUT2D eigenvalue weighted by Gasteiger charge is 2.10. The van der Waals surface area contributed by atoms with Crippen molar-refractivity contribution in [3.63, 3.8) is 0 Å². The first-order valence-corrected chi connectivity index (χ1v) is 5.57. The molecule has 7 heteroatoms. The van der Waals surface area contributed by atoms with E-state index in [0.29, 0.717) is 5.56 Å². The first-order valence-electron chi connectivity index (χ1n) is 3.58. The molecule has 0 aliphatic carbocycles. The van der Waals surface area contributed by atoms with Gasteiger partial charge in [0.1, 0.15) is 5.75 Å². The molecule has 5 N–H and O–H groups in total. The van der Waals surface area contributed by atoms with Crippen LogP contribution in [0.1, 0.15) is 5.56 Å². The van der Waals surface area contributed by atoms with E-state index in [4.69, 9.17) is 27.6 Å². The van der Waals surface area contributed by atoms with Crippen molar-refractivity contribution in [1.29, 1.82) is 0 Å². The van der Waals surface area contributed by atoms with Crippen molar-refractivity contribution in [3.8, 4) is 0 Å². The number of hydrogen-bond donors (Lipinski definition) is 3. The Balaban J connectivity index is 3.14. The van der Waals surface area contributed by atoms with Crippen LogP contribution in [-0.4, -0.2) is 13.0 Å². The Bertz CT molecular complexity index is 435. The molecule has 14 heavy (non-hydrogen) atoms. The van der Waals surface area contributed by atoms with Crippen LogP contribution in [-0.2, 0) is 15.9 Å². The lowest BCUT2D eigenvalue weighted by Crippen LogP contribution is -2.03. The third kappa shape index (κ3) is 2.76. The summed E-state index contributed by atoms with van der Waals surface area (Å²) >= 11 is 5.66. The largest absolute Gasteiger partial charge is 0.397 e. The van der Waals surface area contributed by atoms with Crippen LogP contribution < -0.4 is 11.5 Å². The first-order chi connectivity index (χ1) is 6.29. The number of halogens is 1. The molecular weight excluding hydrogens is 228 g/mol. The third-order valence-corrected chi connectivity index (χ3v) is 2.67. The van der Waals surface area contributed by atoms with Gasteiger partial charge in [-0.3, -0.25) is 4.55 Å². The Morgan fingerprint density at radius 2 is 1.71 bits per heavy atom. The highest BCUT2D eigenvalue weighted by Crippen LogP contribution is 2.27. The standard InChI is InChI=1S/C7H9ClN2O3S/c8-7-5(9)1-4(2-6(7)10)3-14(11,12)13/h1-2H,3,9-10H2,(H,11,12,13). The van der Waals surface area contributed by atoms with Gasteiger partial charge in [-0.2, -0.15) is 8.42 Å². The maximum absolute atomic E-state index is 10.5. The Kier molecular flexibility index (Phi) is 2.89. The molecule has 1 rings (SSSR count). The van der Waals surface area contributed by atoms with Crippen LogP contribution in [0.25, 0.3) is 0 Å². The van der Waals surface area contributed by atoms with Crippen LogP contribution in [0.15, 0.2) is 12.1 Å². The minimum Gasteiger partial charge on any atom is -0.397 e. The maximum Gasteiger partial charge on any atom is 0.269 e. The van der Waals surface area contributed by atoms with Crippen molar-refractivity contribution in [2.24, 2.45) is 0 Å². The summed E-state index contributed by atoms with van der Waals surface area (Å²) < 4.78 is 29.7. The zero-order valence-electron chi connectivity index (χ0n) is 7.07. The van der Waals surface area contributed by atoms with E-state index in [2.05, 4.69) is 0 Å². The van der Waals surface area contributed by atoms with E-state index in [-0.39, 0.29) is 16.4 Å². The fourth-order valence-corrected chi connectivity index (χ4v) is 1.73. The van der Waals surface area contributed by atoms with Crippen molar-refractivity contribution in [3.05, 3.63) is 22.7 Å². The van der Waals surface area contributed by atoms with Crippen LogP contribution in [0.4, 0.5) is 11.4 Å². The molecule has 1 aromatic rings. The van der Waals surface area contributed by atoms with Crippen LogP contribution >= 0.6 is 11.6 Å². The summed E-state index contributed by atoms with van der Waals surface area (Å²) in [6.45, 7) is 0.